The standard InChI is InChI=1S/C29H19F2O2S/c1-3-29(2,20-14-17-24(30)25(31)18-20)33-28(32)19-12-15-21(16-13-19)34-26-10-6-4-8-22(26)23-9-5-7-11-27(23)34/h1,4-18H,2H3/q+1. The molecule has 2 nitrogen and oxygen atoms in total. The second-order valence-corrected chi connectivity index (χ2v) is 9.98. The van der Waals surface area contributed by atoms with Crippen molar-refractivity contribution in [1.29, 1.82) is 0 Å². The van der Waals surface area contributed by atoms with Crippen molar-refractivity contribution < 1.29 is 18.3 Å². The van der Waals surface area contributed by atoms with E-state index in [0.717, 1.165) is 17.0 Å². The summed E-state index contributed by atoms with van der Waals surface area (Å²) in [6.07, 6.45) is 5.61. The van der Waals surface area contributed by atoms with E-state index < -0.39 is 23.2 Å². The van der Waals surface area contributed by atoms with Gasteiger partial charge in [-0.2, -0.15) is 0 Å². The highest BCUT2D eigenvalue weighted by Gasteiger charge is 2.31. The quantitative estimate of drug-likeness (QED) is 0.153. The average molecular weight is 470 g/mol. The van der Waals surface area contributed by atoms with E-state index in [4.69, 9.17) is 11.2 Å². The van der Waals surface area contributed by atoms with Gasteiger partial charge in [0.05, 0.1) is 5.56 Å². The Hall–Kier alpha value is -4.01. The number of carbonyl (C=O) groups excluding carboxylic acids is 1. The normalized spacial score (nSPS) is 12.9. The molecule has 1 atom stereocenters. The molecule has 0 aliphatic rings. The molecule has 166 valence electrons. The Kier molecular flexibility index (Phi) is 5.39. The Labute approximate surface area is 198 Å². The summed E-state index contributed by atoms with van der Waals surface area (Å²) < 4.78 is 35.1. The van der Waals surface area contributed by atoms with Crippen molar-refractivity contribution in [3.8, 4) is 17.2 Å². The Morgan fingerprint density at radius 2 is 1.44 bits per heavy atom. The van der Waals surface area contributed by atoms with Crippen molar-refractivity contribution in [3.63, 3.8) is 0 Å². The molecule has 4 aromatic carbocycles. The van der Waals surface area contributed by atoms with Crippen LogP contribution >= 0.6 is 10.5 Å². The van der Waals surface area contributed by atoms with Crippen molar-refractivity contribution in [2.45, 2.75) is 12.5 Å². The fraction of sp³-hybridized carbons (Fsp3) is 0.0690. The van der Waals surface area contributed by atoms with Crippen molar-refractivity contribution >= 4 is 36.6 Å². The number of fused-ring (bicyclic) bond motifs is 3. The highest BCUT2D eigenvalue weighted by molar-refractivity contribution is 7.50. The molecule has 0 saturated carbocycles. The van der Waals surface area contributed by atoms with Crippen molar-refractivity contribution in [2.75, 3.05) is 0 Å². The molecule has 0 aliphatic carbocycles. The number of hydrogen-bond donors (Lipinski definition) is 0. The molecule has 1 heterocycles. The molecule has 0 N–H and O–H groups in total. The summed E-state index contributed by atoms with van der Waals surface area (Å²) in [5.74, 6) is -0.314. The molecule has 5 heteroatoms. The van der Waals surface area contributed by atoms with Gasteiger partial charge in [-0.1, -0.05) is 36.3 Å². The van der Waals surface area contributed by atoms with Gasteiger partial charge in [-0.15, -0.1) is 6.42 Å². The predicted molar refractivity (Wildman–Crippen MR) is 133 cm³/mol. The summed E-state index contributed by atoms with van der Waals surface area (Å²) >= 11 is 0. The molecule has 5 rings (SSSR count). The maximum Gasteiger partial charge on any atom is 0.339 e. The average Bonchev–Trinajstić information content (AvgIpc) is 3.20. The van der Waals surface area contributed by atoms with Crippen molar-refractivity contribution in [3.05, 3.63) is 114 Å². The zero-order chi connectivity index (χ0) is 23.9. The van der Waals surface area contributed by atoms with E-state index in [1.165, 1.54) is 33.2 Å². The molecule has 0 fully saturated rings. The first-order valence-electron chi connectivity index (χ1n) is 10.6. The Bertz CT molecular complexity index is 1540. The minimum absolute atomic E-state index is 0.180. The molecule has 34 heavy (non-hydrogen) atoms. The first kappa shape index (κ1) is 21.8. The number of ether oxygens (including phenoxy) is 1. The van der Waals surface area contributed by atoms with Gasteiger partial charge in [-0.25, -0.2) is 13.6 Å². The summed E-state index contributed by atoms with van der Waals surface area (Å²) in [4.78, 5) is 14.0. The van der Waals surface area contributed by atoms with Crippen LogP contribution in [-0.4, -0.2) is 5.97 Å². The van der Waals surface area contributed by atoms with Crippen LogP contribution in [0.25, 0.3) is 25.1 Å². The highest BCUT2D eigenvalue weighted by atomic mass is 32.2. The minimum atomic E-state index is -1.55. The van der Waals surface area contributed by atoms with Crippen LogP contribution in [0.5, 0.6) is 0 Å². The molecule has 0 aliphatic heterocycles. The van der Waals surface area contributed by atoms with Crippen molar-refractivity contribution in [1.82, 2.24) is 0 Å². The van der Waals surface area contributed by atoms with Gasteiger partial charge >= 0.3 is 5.97 Å². The van der Waals surface area contributed by atoms with E-state index in [-0.39, 0.29) is 16.0 Å². The van der Waals surface area contributed by atoms with Gasteiger partial charge in [0.25, 0.3) is 0 Å². The zero-order valence-electron chi connectivity index (χ0n) is 18.2. The Morgan fingerprint density at radius 1 is 0.853 bits per heavy atom. The number of thiophene rings is 1. The van der Waals surface area contributed by atoms with Crippen LogP contribution in [0.3, 0.4) is 0 Å². The topological polar surface area (TPSA) is 26.3 Å². The molecular formula is C29H19F2O2S+. The summed E-state index contributed by atoms with van der Waals surface area (Å²) in [5, 5.41) is 2.45. The number of carbonyl (C=O) groups is 1. The SMILES string of the molecule is C#CC(C)(OC(=O)c1ccc(-[s+]2c3ccccc3c3ccccc32)cc1)c1ccc(F)c(F)c1. The molecule has 0 amide bonds. The minimum Gasteiger partial charge on any atom is -0.438 e. The van der Waals surface area contributed by atoms with Crippen LogP contribution in [0.2, 0.25) is 0 Å². The fourth-order valence-corrected chi connectivity index (χ4v) is 6.42. The first-order valence-corrected chi connectivity index (χ1v) is 11.8. The molecule has 1 unspecified atom stereocenters. The van der Waals surface area contributed by atoms with Crippen LogP contribution in [0, 0.1) is 24.0 Å². The second kappa shape index (κ2) is 8.40. The summed E-state index contributed by atoms with van der Waals surface area (Å²) in [7, 11) is -0.279. The van der Waals surface area contributed by atoms with Gasteiger partial charge in [-0.3, -0.25) is 0 Å². The first-order chi connectivity index (χ1) is 16.4. The maximum absolute atomic E-state index is 13.7. The Morgan fingerprint density at radius 3 is 2.00 bits per heavy atom. The van der Waals surface area contributed by atoms with Crippen LogP contribution in [0.1, 0.15) is 22.8 Å². The lowest BCUT2D eigenvalue weighted by atomic mass is 9.96. The summed E-state index contributed by atoms with van der Waals surface area (Å²) in [6.45, 7) is 1.47. The molecule has 0 bridgehead atoms. The Balaban J connectivity index is 1.48. The van der Waals surface area contributed by atoms with Gasteiger partial charge in [0.2, 0.25) is 0 Å². The smallest absolute Gasteiger partial charge is 0.339 e. The maximum atomic E-state index is 13.7. The largest absolute Gasteiger partial charge is 0.438 e. The number of terminal acetylenes is 1. The van der Waals surface area contributed by atoms with Crippen LogP contribution in [-0.2, 0) is 10.3 Å². The summed E-state index contributed by atoms with van der Waals surface area (Å²) in [5.41, 5.74) is -1.05. The molecular weight excluding hydrogens is 450 g/mol. The van der Waals surface area contributed by atoms with Crippen molar-refractivity contribution in [2.24, 2.45) is 0 Å². The monoisotopic (exact) mass is 469 g/mol. The van der Waals surface area contributed by atoms with Gasteiger partial charge in [0.15, 0.2) is 31.5 Å². The number of esters is 1. The molecule has 0 spiro atoms. The molecule has 0 radical (unpaired) electrons. The lowest BCUT2D eigenvalue weighted by Crippen LogP contribution is -2.27. The van der Waals surface area contributed by atoms with Crippen LogP contribution in [0.4, 0.5) is 8.78 Å². The van der Waals surface area contributed by atoms with Gasteiger partial charge in [0.1, 0.15) is 0 Å². The van der Waals surface area contributed by atoms with E-state index in [2.05, 4.69) is 30.2 Å². The third-order valence-corrected chi connectivity index (χ3v) is 8.21. The van der Waals surface area contributed by atoms with E-state index in [0.29, 0.717) is 5.56 Å². The highest BCUT2D eigenvalue weighted by Crippen LogP contribution is 2.48. The predicted octanol–water partition coefficient (Wildman–Crippen LogP) is 7.71. The third kappa shape index (κ3) is 3.63. The molecule has 1 aromatic heterocycles. The van der Waals surface area contributed by atoms with Gasteiger partial charge < -0.3 is 4.74 Å². The van der Waals surface area contributed by atoms with E-state index in [9.17, 15) is 13.6 Å². The molecule has 5 aromatic rings. The summed E-state index contributed by atoms with van der Waals surface area (Å²) in [6, 6.07) is 27.2. The number of halogens is 2. The number of hydrogen-bond acceptors (Lipinski definition) is 2. The van der Waals surface area contributed by atoms with E-state index in [1.807, 2.05) is 36.4 Å². The number of benzene rings is 4. The van der Waals surface area contributed by atoms with Gasteiger partial charge in [0, 0.05) is 26.8 Å². The second-order valence-electron chi connectivity index (χ2n) is 8.02. The third-order valence-electron chi connectivity index (χ3n) is 5.87. The van der Waals surface area contributed by atoms with E-state index in [1.54, 1.807) is 12.1 Å². The fourth-order valence-electron chi connectivity index (χ4n) is 4.04. The van der Waals surface area contributed by atoms with Crippen LogP contribution < -0.4 is 0 Å². The number of rotatable bonds is 4. The molecule has 0 saturated heterocycles. The van der Waals surface area contributed by atoms with Gasteiger partial charge in [-0.05, 0) is 67.6 Å². The van der Waals surface area contributed by atoms with E-state index >= 15 is 0 Å². The lowest BCUT2D eigenvalue weighted by Gasteiger charge is -2.24. The zero-order valence-corrected chi connectivity index (χ0v) is 19.0. The van der Waals surface area contributed by atoms with Crippen LogP contribution in [0.15, 0.2) is 91.0 Å². The lowest BCUT2D eigenvalue weighted by molar-refractivity contribution is 0.0128.